The minimum absolute atomic E-state index is 0.193. The Labute approximate surface area is 153 Å². The van der Waals surface area contributed by atoms with Gasteiger partial charge in [0.2, 0.25) is 0 Å². The van der Waals surface area contributed by atoms with E-state index >= 15 is 0 Å². The van der Waals surface area contributed by atoms with Gasteiger partial charge in [0.25, 0.3) is 0 Å². The summed E-state index contributed by atoms with van der Waals surface area (Å²) in [5.74, 6) is 2.38. The first kappa shape index (κ1) is 21.5. The first-order valence-corrected chi connectivity index (χ1v) is 9.42. The van der Waals surface area contributed by atoms with Crippen molar-refractivity contribution in [3.8, 4) is 0 Å². The molecular formula is C19H36N4O2. The predicted molar refractivity (Wildman–Crippen MR) is 104 cm³/mol. The van der Waals surface area contributed by atoms with Crippen LogP contribution in [0.15, 0.2) is 27.8 Å². The van der Waals surface area contributed by atoms with Crippen molar-refractivity contribution in [3.63, 3.8) is 0 Å². The molecule has 144 valence electrons. The van der Waals surface area contributed by atoms with E-state index in [1.807, 2.05) is 12.1 Å². The normalized spacial score (nSPS) is 13.5. The molecule has 0 saturated heterocycles. The van der Waals surface area contributed by atoms with E-state index in [1.54, 1.807) is 13.3 Å². The molecule has 6 heteroatoms. The van der Waals surface area contributed by atoms with Gasteiger partial charge in [0, 0.05) is 33.4 Å². The summed E-state index contributed by atoms with van der Waals surface area (Å²) in [6, 6.07) is 4.17. The molecule has 0 aliphatic heterocycles. The van der Waals surface area contributed by atoms with E-state index in [-0.39, 0.29) is 6.04 Å². The molecule has 0 amide bonds. The van der Waals surface area contributed by atoms with Crippen LogP contribution in [0.3, 0.4) is 0 Å². The first-order chi connectivity index (χ1) is 12.1. The van der Waals surface area contributed by atoms with Crippen molar-refractivity contribution < 1.29 is 9.15 Å². The molecule has 0 aliphatic rings. The predicted octanol–water partition coefficient (Wildman–Crippen LogP) is 2.89. The van der Waals surface area contributed by atoms with Crippen LogP contribution < -0.4 is 10.6 Å². The molecule has 0 saturated carbocycles. The molecule has 1 aromatic rings. The van der Waals surface area contributed by atoms with Gasteiger partial charge < -0.3 is 19.8 Å². The summed E-state index contributed by atoms with van der Waals surface area (Å²) in [5, 5.41) is 6.76. The fourth-order valence-electron chi connectivity index (χ4n) is 2.67. The molecule has 0 radical (unpaired) electrons. The van der Waals surface area contributed by atoms with Gasteiger partial charge in [0.1, 0.15) is 5.76 Å². The zero-order valence-electron chi connectivity index (χ0n) is 16.5. The topological polar surface area (TPSA) is 62.0 Å². The lowest BCUT2D eigenvalue weighted by atomic mass is 10.2. The van der Waals surface area contributed by atoms with Crippen LogP contribution in [-0.4, -0.2) is 57.3 Å². The minimum Gasteiger partial charge on any atom is -0.468 e. The Bertz CT molecular complexity index is 456. The second kappa shape index (κ2) is 12.8. The Hall–Kier alpha value is -1.53. The maximum atomic E-state index is 5.63. The van der Waals surface area contributed by atoms with Crippen LogP contribution in [-0.2, 0) is 4.74 Å². The Balaban J connectivity index is 2.40. The number of rotatable bonds is 12. The number of ether oxygens (including phenoxy) is 1. The molecule has 25 heavy (non-hydrogen) atoms. The quantitative estimate of drug-likeness (QED) is 0.344. The van der Waals surface area contributed by atoms with E-state index in [9.17, 15) is 0 Å². The second-order valence-electron chi connectivity index (χ2n) is 6.45. The Morgan fingerprint density at radius 1 is 1.28 bits per heavy atom. The van der Waals surface area contributed by atoms with Crippen LogP contribution in [0.25, 0.3) is 0 Å². The van der Waals surface area contributed by atoms with Crippen LogP contribution in [0.1, 0.15) is 45.9 Å². The van der Waals surface area contributed by atoms with Gasteiger partial charge >= 0.3 is 0 Å². The fourth-order valence-corrected chi connectivity index (χ4v) is 2.67. The lowest BCUT2D eigenvalue weighted by molar-refractivity contribution is 0.108. The SMILES string of the molecule is CCN(CC)C(CNC(=NC)NCCCOCC(C)C)c1ccco1. The summed E-state index contributed by atoms with van der Waals surface area (Å²) in [6.07, 6.45) is 2.70. The van der Waals surface area contributed by atoms with Crippen LogP contribution in [0.2, 0.25) is 0 Å². The molecule has 1 rings (SSSR count). The smallest absolute Gasteiger partial charge is 0.191 e. The van der Waals surface area contributed by atoms with Gasteiger partial charge in [-0.2, -0.15) is 0 Å². The number of furan rings is 1. The molecule has 1 heterocycles. The largest absolute Gasteiger partial charge is 0.468 e. The molecule has 1 atom stereocenters. The van der Waals surface area contributed by atoms with Crippen LogP contribution in [0.5, 0.6) is 0 Å². The molecule has 0 spiro atoms. The molecule has 1 aromatic heterocycles. The highest BCUT2D eigenvalue weighted by Gasteiger charge is 2.20. The Kier molecular flexibility index (Phi) is 11.0. The molecule has 0 fully saturated rings. The lowest BCUT2D eigenvalue weighted by Gasteiger charge is -2.28. The summed E-state index contributed by atoms with van der Waals surface area (Å²) in [6.45, 7) is 13.8. The van der Waals surface area contributed by atoms with Gasteiger partial charge in [-0.25, -0.2) is 0 Å². The van der Waals surface area contributed by atoms with Crippen molar-refractivity contribution in [2.75, 3.05) is 46.4 Å². The first-order valence-electron chi connectivity index (χ1n) is 9.42. The maximum absolute atomic E-state index is 5.63. The second-order valence-corrected chi connectivity index (χ2v) is 6.45. The van der Waals surface area contributed by atoms with Crippen molar-refractivity contribution in [2.45, 2.75) is 40.2 Å². The summed E-state index contributed by atoms with van der Waals surface area (Å²) in [4.78, 5) is 6.68. The number of nitrogens with zero attached hydrogens (tertiary/aromatic N) is 2. The third kappa shape index (κ3) is 8.40. The van der Waals surface area contributed by atoms with E-state index in [1.165, 1.54) is 0 Å². The number of likely N-dealkylation sites (N-methyl/N-ethyl adjacent to an activating group) is 1. The number of hydrogen-bond acceptors (Lipinski definition) is 4. The number of nitrogens with one attached hydrogen (secondary N) is 2. The molecule has 6 nitrogen and oxygen atoms in total. The van der Waals surface area contributed by atoms with Crippen molar-refractivity contribution in [2.24, 2.45) is 10.9 Å². The fraction of sp³-hybridized carbons (Fsp3) is 0.737. The average molecular weight is 353 g/mol. The lowest BCUT2D eigenvalue weighted by Crippen LogP contribution is -2.43. The van der Waals surface area contributed by atoms with E-state index < -0.39 is 0 Å². The van der Waals surface area contributed by atoms with Crippen molar-refractivity contribution in [1.82, 2.24) is 15.5 Å². The highest BCUT2D eigenvalue weighted by atomic mass is 16.5. The summed E-state index contributed by atoms with van der Waals surface area (Å²) in [7, 11) is 1.80. The molecule has 1 unspecified atom stereocenters. The summed E-state index contributed by atoms with van der Waals surface area (Å²) in [5.41, 5.74) is 0. The third-order valence-corrected chi connectivity index (χ3v) is 4.02. The van der Waals surface area contributed by atoms with Gasteiger partial charge in [-0.15, -0.1) is 0 Å². The van der Waals surface area contributed by atoms with E-state index in [4.69, 9.17) is 9.15 Å². The molecule has 0 aliphatic carbocycles. The van der Waals surface area contributed by atoms with Gasteiger partial charge in [-0.3, -0.25) is 9.89 Å². The zero-order valence-corrected chi connectivity index (χ0v) is 16.5. The monoisotopic (exact) mass is 352 g/mol. The molecule has 0 bridgehead atoms. The maximum Gasteiger partial charge on any atom is 0.191 e. The van der Waals surface area contributed by atoms with Crippen LogP contribution >= 0.6 is 0 Å². The summed E-state index contributed by atoms with van der Waals surface area (Å²) < 4.78 is 11.2. The van der Waals surface area contributed by atoms with E-state index in [0.717, 1.165) is 57.5 Å². The molecule has 0 aromatic carbocycles. The molecular weight excluding hydrogens is 316 g/mol. The highest BCUT2D eigenvalue weighted by molar-refractivity contribution is 5.79. The summed E-state index contributed by atoms with van der Waals surface area (Å²) >= 11 is 0. The standard InChI is InChI=1S/C19H36N4O2/c1-6-23(7-2)17(18-10-8-13-25-18)14-22-19(20-5)21-11-9-12-24-15-16(3)4/h8,10,13,16-17H,6-7,9,11-12,14-15H2,1-5H3,(H2,20,21,22). The van der Waals surface area contributed by atoms with E-state index in [2.05, 4.69) is 48.2 Å². The van der Waals surface area contributed by atoms with E-state index in [0.29, 0.717) is 5.92 Å². The Morgan fingerprint density at radius 2 is 2.04 bits per heavy atom. The zero-order chi connectivity index (χ0) is 18.5. The van der Waals surface area contributed by atoms with Crippen molar-refractivity contribution in [3.05, 3.63) is 24.2 Å². The van der Waals surface area contributed by atoms with Crippen molar-refractivity contribution >= 4 is 5.96 Å². The van der Waals surface area contributed by atoms with Gasteiger partial charge in [-0.1, -0.05) is 27.7 Å². The average Bonchev–Trinajstić information content (AvgIpc) is 3.13. The van der Waals surface area contributed by atoms with Crippen LogP contribution in [0.4, 0.5) is 0 Å². The minimum atomic E-state index is 0.193. The van der Waals surface area contributed by atoms with Gasteiger partial charge in [0.15, 0.2) is 5.96 Å². The molecule has 2 N–H and O–H groups in total. The number of aliphatic imine (C=N–C) groups is 1. The highest BCUT2D eigenvalue weighted by Crippen LogP contribution is 2.20. The Morgan fingerprint density at radius 3 is 2.60 bits per heavy atom. The van der Waals surface area contributed by atoms with Gasteiger partial charge in [0.05, 0.1) is 12.3 Å². The number of guanidine groups is 1. The number of hydrogen-bond donors (Lipinski definition) is 2. The van der Waals surface area contributed by atoms with Gasteiger partial charge in [-0.05, 0) is 37.6 Å². The van der Waals surface area contributed by atoms with Crippen LogP contribution in [0, 0.1) is 5.92 Å². The van der Waals surface area contributed by atoms with Crippen molar-refractivity contribution in [1.29, 1.82) is 0 Å². The third-order valence-electron chi connectivity index (χ3n) is 4.02.